The number of carbonyl (C=O) groups excluding carboxylic acids is 7. The third-order valence-corrected chi connectivity index (χ3v) is 24.2. The van der Waals surface area contributed by atoms with Crippen molar-refractivity contribution in [2.24, 2.45) is 94.7 Å². The summed E-state index contributed by atoms with van der Waals surface area (Å²) >= 11 is 0. The van der Waals surface area contributed by atoms with Gasteiger partial charge in [-0.2, -0.15) is 5.70 Å². The molecule has 3 saturated heterocycles. The van der Waals surface area contributed by atoms with E-state index in [4.69, 9.17) is 83.7 Å². The zero-order valence-corrected chi connectivity index (χ0v) is 64.3. The number of methoxy groups -OCH3 is 1. The average Bonchev–Trinajstić information content (AvgIpc) is 1.53. The van der Waals surface area contributed by atoms with Crippen LogP contribution in [0.2, 0.25) is 0 Å². The number of nitrogens with one attached hydrogen (secondary N) is 1. The minimum atomic E-state index is -5.33. The number of phosphoric acid groups is 1. The van der Waals surface area contributed by atoms with Gasteiger partial charge >= 0.3 is 0 Å². The van der Waals surface area contributed by atoms with Crippen molar-refractivity contribution in [2.75, 3.05) is 26.0 Å². The molecule has 1 unspecified atom stereocenters. The fourth-order valence-corrected chi connectivity index (χ4v) is 18.3. The van der Waals surface area contributed by atoms with E-state index in [1.165, 1.54) is 42.1 Å². The van der Waals surface area contributed by atoms with Gasteiger partial charge in [0.2, 0.25) is 41.4 Å². The van der Waals surface area contributed by atoms with E-state index in [-0.39, 0.29) is 99.8 Å². The number of anilines is 1. The van der Waals surface area contributed by atoms with Gasteiger partial charge in [0.15, 0.2) is 23.9 Å². The standard InChI is InChI=1S/C61H88N13O15P.C10H12N5O3.Co/c1-29(88-90(84,85)89-52-40(27-75)87-56(51(52)83)74-28-69-38-21-32(86-10)11-15-39(38)74)26-68-48(82)19-20-58(6)36(22-45(65)79)55-61(9)60(8,25-47(67)81)35(14-18-44(64)78)50(73-61)31(3)54-59(7,24-46(66)80)33(12-16-42(62)76)37(70-54)23-41-57(4,5)34(13-17-43(63)77)49(71-41)30(2)53(58)72-55;1-4-6(16)7(17)10(18-4)15-3-14-5-8(11)12-2-13-9(5)15;/h11,15,21,23,28-29,33-36,40,51-52,55-56,75,83H,12-14,16-20,22,24-27H2,1-10H3,(H15,62,63,64,65,66,67,68,70,71,72,73,76,77,78,79,80,81,82,84,85);2-4,6-7,10,16-17H,1H2,(H2,11,12,13);/q;-1;/p-2/t29-,33-,34-,35-,36+,40-,51-,52-,55-,56+,58-,59+,60+,61+;4-,6-,7-,10-;/m11./s1. The molecule has 36 nitrogen and oxygen atoms in total. The van der Waals surface area contributed by atoms with E-state index in [9.17, 15) is 63.4 Å². The largest absolute Gasteiger partial charge is 0.756 e. The van der Waals surface area contributed by atoms with E-state index < -0.39 is 168 Å². The molecule has 7 aliphatic rings. The number of primary amides is 6. The number of nitrogen functional groups attached to an aromatic ring is 1. The number of benzene rings is 1. The summed E-state index contributed by atoms with van der Waals surface area (Å²) in [7, 11) is -3.84. The van der Waals surface area contributed by atoms with E-state index in [2.05, 4.69) is 32.2 Å². The number of aliphatic imine (C=N–C) groups is 3. The zero-order valence-electron chi connectivity index (χ0n) is 62.3. The van der Waals surface area contributed by atoms with Crippen LogP contribution in [0.15, 0.2) is 86.5 Å². The van der Waals surface area contributed by atoms with Crippen LogP contribution >= 0.6 is 7.82 Å². The molecule has 1 aromatic carbocycles. The van der Waals surface area contributed by atoms with Gasteiger partial charge in [0.1, 0.15) is 42.0 Å². The summed E-state index contributed by atoms with van der Waals surface area (Å²) in [4.78, 5) is 140. The first-order valence-electron chi connectivity index (χ1n) is 35.6. The molecule has 38 heteroatoms. The number of carbonyl (C=O) groups is 7. The third-order valence-electron chi connectivity index (χ3n) is 23.1. The molecule has 3 fully saturated rings. The Balaban J connectivity index is 0.000000623. The number of hydrogen-bond acceptors (Lipinski definition) is 26. The number of imidazole rings is 2. The molecule has 4 aromatic rings. The van der Waals surface area contributed by atoms with Crippen molar-refractivity contribution in [1.82, 2.24) is 34.4 Å². The van der Waals surface area contributed by atoms with Crippen LogP contribution in [0.1, 0.15) is 145 Å². The fourth-order valence-electron chi connectivity index (χ4n) is 17.2. The van der Waals surface area contributed by atoms with Crippen molar-refractivity contribution in [3.63, 3.8) is 0 Å². The minimum Gasteiger partial charge on any atom is -0.756 e. The molecule has 11 rings (SSSR count). The van der Waals surface area contributed by atoms with Gasteiger partial charge < -0.3 is 111 Å². The van der Waals surface area contributed by atoms with E-state index in [0.29, 0.717) is 73.3 Å². The van der Waals surface area contributed by atoms with Crippen LogP contribution in [0.5, 0.6) is 5.75 Å². The summed E-state index contributed by atoms with van der Waals surface area (Å²) in [6.07, 6.45) is -5.90. The Bertz CT molecular complexity index is 4480. The summed E-state index contributed by atoms with van der Waals surface area (Å²) in [5.74, 6) is -6.67. The summed E-state index contributed by atoms with van der Waals surface area (Å²) < 4.78 is 43.9. The molecule has 8 bridgehead atoms. The van der Waals surface area contributed by atoms with Crippen LogP contribution in [0, 0.1) is 52.3 Å². The average molecular weight is 1580 g/mol. The summed E-state index contributed by atoms with van der Waals surface area (Å²) in [5, 5.41) is 49.6. The van der Waals surface area contributed by atoms with Crippen molar-refractivity contribution in [1.29, 1.82) is 0 Å². The van der Waals surface area contributed by atoms with Crippen molar-refractivity contribution in [2.45, 2.75) is 200 Å². The van der Waals surface area contributed by atoms with E-state index in [1.54, 1.807) is 32.0 Å². The number of ether oxygens (including phenoxy) is 3. The molecule has 19 atom stereocenters. The van der Waals surface area contributed by atoms with E-state index in [0.717, 1.165) is 0 Å². The number of nitrogens with zero attached hydrogens (tertiary/aromatic N) is 10. The first-order chi connectivity index (χ1) is 50.5. The minimum absolute atomic E-state index is 0. The van der Waals surface area contributed by atoms with Crippen LogP contribution in [-0.2, 0) is 73.4 Å². The molecule has 3 aromatic heterocycles. The Morgan fingerprint density at radius 3 is 1.98 bits per heavy atom. The third kappa shape index (κ3) is 16.4. The molecular weight excluding hydrogens is 1480 g/mol. The molecule has 7 aliphatic heterocycles. The first-order valence-corrected chi connectivity index (χ1v) is 37.0. The topological polar surface area (TPSA) is 593 Å². The Morgan fingerprint density at radius 2 is 1.39 bits per heavy atom. The number of aliphatic hydroxyl groups is 4. The number of amides is 7. The molecule has 10 heterocycles. The van der Waals surface area contributed by atoms with Crippen LogP contribution in [0.25, 0.3) is 27.5 Å². The summed E-state index contributed by atoms with van der Waals surface area (Å²) in [6.45, 7) is 18.7. The molecule has 7 amide bonds. The Morgan fingerprint density at radius 1 is 0.761 bits per heavy atom. The number of rotatable bonds is 28. The van der Waals surface area contributed by atoms with Gasteiger partial charge in [-0.05, 0) is 100 Å². The van der Waals surface area contributed by atoms with Crippen LogP contribution in [0.4, 0.5) is 5.82 Å². The number of aliphatic hydroxyl groups excluding tert-OH is 4. The number of allylic oxidation sites excluding steroid dienone is 6. The number of fused-ring (bicyclic) bond motifs is 8. The second kappa shape index (κ2) is 32.5. The van der Waals surface area contributed by atoms with Gasteiger partial charge in [0.25, 0.3) is 7.82 Å². The predicted octanol–water partition coefficient (Wildman–Crippen LogP) is 1.57. The van der Waals surface area contributed by atoms with Gasteiger partial charge in [-0.3, -0.25) is 57.7 Å². The number of aromatic nitrogens is 6. The molecule has 597 valence electrons. The number of phosphoric ester groups is 1. The van der Waals surface area contributed by atoms with Crippen LogP contribution in [-0.4, -0.2) is 183 Å². The van der Waals surface area contributed by atoms with Crippen molar-refractivity contribution in [3.05, 3.63) is 83.7 Å². The van der Waals surface area contributed by atoms with Gasteiger partial charge in [0.05, 0.1) is 60.8 Å². The monoisotopic (exact) mass is 1580 g/mol. The van der Waals surface area contributed by atoms with Crippen molar-refractivity contribution in [3.8, 4) is 5.75 Å². The van der Waals surface area contributed by atoms with Crippen LogP contribution in [0.3, 0.4) is 0 Å². The van der Waals surface area contributed by atoms with Crippen LogP contribution < -0.4 is 55.1 Å². The quantitative estimate of drug-likeness (QED) is 0.0284. The Hall–Kier alpha value is -8.46. The van der Waals surface area contributed by atoms with Gasteiger partial charge in [-0.1, -0.05) is 40.7 Å². The van der Waals surface area contributed by atoms with Gasteiger partial charge in [0, 0.05) is 131 Å². The maximum atomic E-state index is 14.3. The number of nitrogens with two attached hydrogens (primary N) is 7. The maximum absolute atomic E-state index is 14.3. The molecular formula is C71H98CoN18O18P-3. The second-order valence-corrected chi connectivity index (χ2v) is 31.9. The Kier molecular flexibility index (Phi) is 25.2. The summed E-state index contributed by atoms with van der Waals surface area (Å²) in [6, 6.07) is 3.94. The maximum Gasteiger partial charge on any atom is 0.268 e. The number of hydrogen-bond donors (Lipinski definition) is 12. The normalized spacial score (nSPS) is 33.5. The smallest absolute Gasteiger partial charge is 0.268 e. The Labute approximate surface area is 639 Å². The van der Waals surface area contributed by atoms with Crippen molar-refractivity contribution < 1.29 is 103 Å². The summed E-state index contributed by atoms with van der Waals surface area (Å²) in [5.41, 5.74) is 41.0. The van der Waals surface area contributed by atoms with E-state index in [1.807, 2.05) is 47.6 Å². The van der Waals surface area contributed by atoms with Gasteiger partial charge in [-0.15, -0.1) is 0 Å². The van der Waals surface area contributed by atoms with E-state index >= 15 is 0 Å². The molecule has 0 saturated carbocycles. The molecule has 109 heavy (non-hydrogen) atoms. The molecule has 1 radical (unpaired) electrons. The zero-order chi connectivity index (χ0) is 79.4. The fraction of sp³-hybridized carbons (Fsp3) is 0.592. The molecule has 0 spiro atoms. The second-order valence-electron chi connectivity index (χ2n) is 30.6. The predicted molar refractivity (Wildman–Crippen MR) is 390 cm³/mol. The van der Waals surface area contributed by atoms with Gasteiger partial charge in [-0.25, -0.2) is 19.9 Å². The molecule has 0 aliphatic carbocycles. The van der Waals surface area contributed by atoms with Crippen molar-refractivity contribution >= 4 is 94.3 Å². The SMILES string of the molecule is COc1ccc2c(c1)ncn2[C@H]1O[C@H](CO)[C@@H](OP(=O)([O-])O[C@H](C)CNC(=O)CC[C@@]2(C)/C3=C(\C)C4=N/C(=C\C5=NC(=C(/C)C6=N[C@@](C)([C@H]([N-]3)[C@@H]2CC(N)=O)[C@@](C)(CC(N)=O)[C@@H]6CCC(N)=O)/[C@@](C)(CC(N)=O)[C@@H]5CCC(N)=O)C(C)(C)[C@@H]4CCC(N)=O)[C@H]1O.[CH2-][C@H]1O[C@@H](n2cnc3c(N)ncnc32)[C@H](O)[C@@H]1O.[Co]. The molecule has 19 N–H and O–H groups in total. The first kappa shape index (κ1) is 84.6.